The van der Waals surface area contributed by atoms with Gasteiger partial charge in [-0.1, -0.05) is 0 Å². The summed E-state index contributed by atoms with van der Waals surface area (Å²) in [6.45, 7) is 1.87. The summed E-state index contributed by atoms with van der Waals surface area (Å²) in [5.41, 5.74) is -0.0693. The highest BCUT2D eigenvalue weighted by atomic mass is 35.7. The fourth-order valence-electron chi connectivity index (χ4n) is 1.96. The third-order valence-corrected chi connectivity index (χ3v) is 5.84. The molecule has 0 radical (unpaired) electrons. The smallest absolute Gasteiger partial charge is 0.265 e. The standard InChI is InChI=1S/C11H12ClNO6S2/c1-2-19-9-4-3-8(7-10(9)21(12,17)18)13-11(14)5-6-20(13,15)16/h3-4,7H,2,5-6H2,1H3. The maximum absolute atomic E-state index is 11.8. The van der Waals surface area contributed by atoms with Crippen molar-refractivity contribution < 1.29 is 26.4 Å². The molecule has 1 aliphatic rings. The zero-order valence-electron chi connectivity index (χ0n) is 10.9. The lowest BCUT2D eigenvalue weighted by atomic mass is 10.3. The Morgan fingerprint density at radius 3 is 2.52 bits per heavy atom. The second-order valence-electron chi connectivity index (χ2n) is 4.23. The van der Waals surface area contributed by atoms with Crippen LogP contribution in [0.1, 0.15) is 13.3 Å². The minimum atomic E-state index is -4.15. The van der Waals surface area contributed by atoms with Gasteiger partial charge in [-0.25, -0.2) is 21.1 Å². The van der Waals surface area contributed by atoms with Crippen LogP contribution < -0.4 is 9.04 Å². The highest BCUT2D eigenvalue weighted by Gasteiger charge is 2.37. The normalized spacial score (nSPS) is 18.0. The van der Waals surface area contributed by atoms with Crippen LogP contribution in [0.3, 0.4) is 0 Å². The third-order valence-electron chi connectivity index (χ3n) is 2.80. The van der Waals surface area contributed by atoms with E-state index in [2.05, 4.69) is 0 Å². The molecule has 1 heterocycles. The van der Waals surface area contributed by atoms with Crippen LogP contribution in [0.2, 0.25) is 0 Å². The van der Waals surface area contributed by atoms with Crippen molar-refractivity contribution in [3.63, 3.8) is 0 Å². The molecule has 0 bridgehead atoms. The summed E-state index contributed by atoms with van der Waals surface area (Å²) in [6.07, 6.45) is -0.140. The topological polar surface area (TPSA) is 97.8 Å². The van der Waals surface area contributed by atoms with E-state index in [-0.39, 0.29) is 35.1 Å². The lowest BCUT2D eigenvalue weighted by molar-refractivity contribution is -0.116. The quantitative estimate of drug-likeness (QED) is 0.751. The van der Waals surface area contributed by atoms with Crippen LogP contribution in [0.15, 0.2) is 23.1 Å². The Balaban J connectivity index is 2.60. The first kappa shape index (κ1) is 16.1. The molecule has 0 aliphatic carbocycles. The van der Waals surface area contributed by atoms with Gasteiger partial charge in [0.15, 0.2) is 0 Å². The van der Waals surface area contributed by atoms with Crippen molar-refractivity contribution in [1.82, 2.24) is 0 Å². The van der Waals surface area contributed by atoms with Crippen LogP contribution in [0.5, 0.6) is 5.75 Å². The fraction of sp³-hybridized carbons (Fsp3) is 0.364. The number of benzene rings is 1. The number of carbonyl (C=O) groups is 1. The Kier molecular flexibility index (Phi) is 4.18. The molecule has 21 heavy (non-hydrogen) atoms. The number of ether oxygens (including phenoxy) is 1. The second kappa shape index (κ2) is 5.47. The predicted octanol–water partition coefficient (Wildman–Crippen LogP) is 1.08. The molecule has 0 spiro atoms. The predicted molar refractivity (Wildman–Crippen MR) is 76.5 cm³/mol. The molecule has 1 aromatic carbocycles. The zero-order chi connectivity index (χ0) is 15.8. The van der Waals surface area contributed by atoms with Gasteiger partial charge in [0.05, 0.1) is 18.0 Å². The number of halogens is 1. The average molecular weight is 354 g/mol. The van der Waals surface area contributed by atoms with E-state index in [0.717, 1.165) is 6.07 Å². The maximum atomic E-state index is 11.8. The van der Waals surface area contributed by atoms with Crippen LogP contribution in [0, 0.1) is 0 Å². The number of nitrogens with zero attached hydrogens (tertiary/aromatic N) is 1. The first-order valence-corrected chi connectivity index (χ1v) is 9.86. The number of carbonyl (C=O) groups excluding carboxylic acids is 1. The van der Waals surface area contributed by atoms with Crippen molar-refractivity contribution in [1.29, 1.82) is 0 Å². The van der Waals surface area contributed by atoms with E-state index >= 15 is 0 Å². The van der Waals surface area contributed by atoms with Crippen molar-refractivity contribution in [3.8, 4) is 5.75 Å². The molecule has 0 atom stereocenters. The van der Waals surface area contributed by atoms with E-state index in [4.69, 9.17) is 15.4 Å². The van der Waals surface area contributed by atoms with E-state index < -0.39 is 25.0 Å². The molecule has 0 saturated carbocycles. The summed E-state index contributed by atoms with van der Waals surface area (Å²) in [6, 6.07) is 3.60. The zero-order valence-corrected chi connectivity index (χ0v) is 13.3. The number of amides is 1. The summed E-state index contributed by atoms with van der Waals surface area (Å²) in [5, 5.41) is 0. The largest absolute Gasteiger partial charge is 0.492 e. The van der Waals surface area contributed by atoms with E-state index in [1.165, 1.54) is 12.1 Å². The van der Waals surface area contributed by atoms with Crippen LogP contribution in [0.4, 0.5) is 5.69 Å². The second-order valence-corrected chi connectivity index (χ2v) is 8.70. The van der Waals surface area contributed by atoms with Crippen LogP contribution in [-0.2, 0) is 23.9 Å². The lowest BCUT2D eigenvalue weighted by Gasteiger charge is -2.17. The summed E-state index contributed by atoms with van der Waals surface area (Å²) >= 11 is 0. The third kappa shape index (κ3) is 3.14. The van der Waals surface area contributed by atoms with Gasteiger partial charge >= 0.3 is 0 Å². The van der Waals surface area contributed by atoms with Crippen molar-refractivity contribution in [3.05, 3.63) is 18.2 Å². The average Bonchev–Trinajstić information content (AvgIpc) is 2.63. The van der Waals surface area contributed by atoms with Crippen molar-refractivity contribution in [2.45, 2.75) is 18.2 Å². The Hall–Kier alpha value is -1.32. The minimum Gasteiger partial charge on any atom is -0.492 e. The molecule has 0 aromatic heterocycles. The number of anilines is 1. The van der Waals surface area contributed by atoms with Gasteiger partial charge in [0.2, 0.25) is 15.9 Å². The lowest BCUT2D eigenvalue weighted by Crippen LogP contribution is -2.29. The van der Waals surface area contributed by atoms with Crippen molar-refractivity contribution >= 4 is 41.4 Å². The van der Waals surface area contributed by atoms with Crippen LogP contribution in [0.25, 0.3) is 0 Å². The van der Waals surface area contributed by atoms with Gasteiger partial charge in [-0.2, -0.15) is 0 Å². The summed E-state index contributed by atoms with van der Waals surface area (Å²) in [7, 11) is -2.59. The molecule has 0 unspecified atom stereocenters. The number of hydrogen-bond acceptors (Lipinski definition) is 6. The van der Waals surface area contributed by atoms with Gasteiger partial charge in [-0.15, -0.1) is 0 Å². The molecule has 7 nitrogen and oxygen atoms in total. The van der Waals surface area contributed by atoms with E-state index in [1.807, 2.05) is 0 Å². The fourth-order valence-corrected chi connectivity index (χ4v) is 4.40. The molecule has 1 aliphatic heterocycles. The van der Waals surface area contributed by atoms with Crippen LogP contribution >= 0.6 is 10.7 Å². The van der Waals surface area contributed by atoms with E-state index in [1.54, 1.807) is 6.92 Å². The van der Waals surface area contributed by atoms with Gasteiger partial charge in [0.25, 0.3) is 9.05 Å². The molecule has 1 saturated heterocycles. The van der Waals surface area contributed by atoms with Gasteiger partial charge in [0, 0.05) is 17.1 Å². The molecule has 0 N–H and O–H groups in total. The number of rotatable bonds is 4. The Labute approximate surface area is 126 Å². The minimum absolute atomic E-state index is 0.000272. The van der Waals surface area contributed by atoms with E-state index in [0.29, 0.717) is 4.31 Å². The summed E-state index contributed by atoms with van der Waals surface area (Å²) in [4.78, 5) is 11.3. The highest BCUT2D eigenvalue weighted by Crippen LogP contribution is 2.34. The molecular weight excluding hydrogens is 342 g/mol. The van der Waals surface area contributed by atoms with Crippen LogP contribution in [-0.4, -0.2) is 35.1 Å². The summed E-state index contributed by atoms with van der Waals surface area (Å²) < 4.78 is 52.5. The molecule has 1 amide bonds. The number of sulfonamides is 1. The molecular formula is C11H12ClNO6S2. The molecule has 2 rings (SSSR count). The Morgan fingerprint density at radius 2 is 2.05 bits per heavy atom. The maximum Gasteiger partial charge on any atom is 0.265 e. The Bertz CT molecular complexity index is 787. The van der Waals surface area contributed by atoms with Gasteiger partial charge in [0.1, 0.15) is 10.6 Å². The first-order chi connectivity index (χ1) is 9.66. The van der Waals surface area contributed by atoms with Crippen molar-refractivity contribution in [2.24, 2.45) is 0 Å². The Morgan fingerprint density at radius 1 is 1.38 bits per heavy atom. The SMILES string of the molecule is CCOc1ccc(N2C(=O)CCS2(=O)=O)cc1S(=O)(=O)Cl. The molecule has 1 fully saturated rings. The highest BCUT2D eigenvalue weighted by molar-refractivity contribution is 8.13. The monoisotopic (exact) mass is 353 g/mol. The van der Waals surface area contributed by atoms with Gasteiger partial charge in [-0.3, -0.25) is 4.79 Å². The van der Waals surface area contributed by atoms with Gasteiger partial charge < -0.3 is 4.74 Å². The summed E-state index contributed by atoms with van der Waals surface area (Å²) in [5.74, 6) is -0.917. The van der Waals surface area contributed by atoms with Crippen molar-refractivity contribution in [2.75, 3.05) is 16.7 Å². The molecule has 10 heteroatoms. The van der Waals surface area contributed by atoms with Gasteiger partial charge in [-0.05, 0) is 25.1 Å². The van der Waals surface area contributed by atoms with E-state index in [9.17, 15) is 21.6 Å². The molecule has 116 valence electrons. The molecule has 1 aromatic rings. The first-order valence-electron chi connectivity index (χ1n) is 5.94. The number of hydrogen-bond donors (Lipinski definition) is 0.